The van der Waals surface area contributed by atoms with E-state index in [9.17, 15) is 0 Å². The van der Waals surface area contributed by atoms with Crippen LogP contribution in [0, 0.1) is 0 Å². The molecule has 0 fully saturated rings. The summed E-state index contributed by atoms with van der Waals surface area (Å²) in [5.41, 5.74) is 18.1. The lowest BCUT2D eigenvalue weighted by Crippen LogP contribution is -2.60. The predicted molar refractivity (Wildman–Crippen MR) is 278 cm³/mol. The van der Waals surface area contributed by atoms with E-state index in [0.29, 0.717) is 0 Å². The largest absolute Gasteiger partial charge is 0.376 e. The van der Waals surface area contributed by atoms with E-state index in [2.05, 4.69) is 194 Å². The number of rotatable bonds is 1. The lowest BCUT2D eigenvalue weighted by molar-refractivity contribution is 0.332. The summed E-state index contributed by atoms with van der Waals surface area (Å²) in [5, 5.41) is 8.13. The summed E-state index contributed by atoms with van der Waals surface area (Å²) in [6.07, 6.45) is 2.43. The normalized spacial score (nSPS) is 16.5. The third-order valence-corrected chi connectivity index (χ3v) is 17.8. The molecule has 0 atom stereocenters. The summed E-state index contributed by atoms with van der Waals surface area (Å²) in [4.78, 5) is 2.73. The van der Waals surface area contributed by atoms with Crippen LogP contribution in [0.5, 0.6) is 0 Å². The summed E-state index contributed by atoms with van der Waals surface area (Å²) < 4.78 is 8.12. The zero-order valence-corrected chi connectivity index (χ0v) is 39.8. The molecule has 13 rings (SSSR count). The van der Waals surface area contributed by atoms with E-state index in [4.69, 9.17) is 0 Å². The quantitative estimate of drug-likeness (QED) is 0.149. The molecule has 7 aromatic carbocycles. The number of benzene rings is 7. The van der Waals surface area contributed by atoms with Gasteiger partial charge in [-0.2, -0.15) is 0 Å². The van der Waals surface area contributed by atoms with Crippen molar-refractivity contribution >= 4 is 114 Å². The first kappa shape index (κ1) is 38.1. The summed E-state index contributed by atoms with van der Waals surface area (Å²) in [6, 6.07) is 46.1. The van der Waals surface area contributed by atoms with Crippen LogP contribution in [0.1, 0.15) is 104 Å². The second-order valence-electron chi connectivity index (χ2n) is 22.4. The summed E-state index contributed by atoms with van der Waals surface area (Å²) in [7, 11) is 0. The van der Waals surface area contributed by atoms with Crippen LogP contribution in [0.3, 0.4) is 0 Å². The average molecular weight is 853 g/mol. The molecule has 0 N–H and O–H groups in total. The molecule has 0 bridgehead atoms. The van der Waals surface area contributed by atoms with Gasteiger partial charge in [0.15, 0.2) is 0 Å². The van der Waals surface area contributed by atoms with Crippen molar-refractivity contribution in [3.63, 3.8) is 0 Å². The molecular formula is C58H53BN2S2. The Morgan fingerprint density at radius 3 is 1.89 bits per heavy atom. The zero-order chi connectivity index (χ0) is 43.3. The SMILES string of the molecule is CC(C)(C)c1ccc(N2B3c4cc(C(C)(C)C)ccc4-n4c5cc6c(cc5c5ccc(c3c54)-c3cc4sc5cc7c(cc5c4cc32)C(C)(C)CCC7(C)C)sc2ccccc26)cc1. The zero-order valence-electron chi connectivity index (χ0n) is 38.2. The predicted octanol–water partition coefficient (Wildman–Crippen LogP) is 15.7. The van der Waals surface area contributed by atoms with Crippen LogP contribution in [-0.2, 0) is 21.7 Å². The lowest BCUT2D eigenvalue weighted by atomic mass is 9.43. The van der Waals surface area contributed by atoms with Gasteiger partial charge in [-0.1, -0.05) is 124 Å². The van der Waals surface area contributed by atoms with Crippen LogP contribution >= 0.6 is 22.7 Å². The highest BCUT2D eigenvalue weighted by Crippen LogP contribution is 2.53. The topological polar surface area (TPSA) is 8.17 Å². The number of anilines is 2. The van der Waals surface area contributed by atoms with E-state index in [0.717, 1.165) is 0 Å². The van der Waals surface area contributed by atoms with E-state index < -0.39 is 0 Å². The lowest BCUT2D eigenvalue weighted by Gasteiger charge is -2.42. The second-order valence-corrected chi connectivity index (χ2v) is 24.6. The van der Waals surface area contributed by atoms with Gasteiger partial charge >= 0.3 is 6.85 Å². The smallest absolute Gasteiger partial charge is 0.333 e. The Hall–Kier alpha value is -5.36. The maximum atomic E-state index is 2.73. The fourth-order valence-electron chi connectivity index (χ4n) is 11.8. The highest BCUT2D eigenvalue weighted by Gasteiger charge is 2.45. The minimum Gasteiger partial charge on any atom is -0.376 e. The first-order chi connectivity index (χ1) is 30.0. The molecule has 2 aliphatic heterocycles. The van der Waals surface area contributed by atoms with E-state index in [1.807, 2.05) is 22.7 Å². The minimum atomic E-state index is -0.0254. The van der Waals surface area contributed by atoms with Crippen molar-refractivity contribution in [2.24, 2.45) is 0 Å². The summed E-state index contributed by atoms with van der Waals surface area (Å²) >= 11 is 3.90. The van der Waals surface area contributed by atoms with E-state index in [1.54, 1.807) is 0 Å². The van der Waals surface area contributed by atoms with Crippen molar-refractivity contribution in [2.75, 3.05) is 4.81 Å². The third-order valence-electron chi connectivity index (χ3n) is 15.5. The molecule has 10 aromatic rings. The molecule has 0 spiro atoms. The maximum Gasteiger partial charge on any atom is 0.333 e. The molecule has 0 radical (unpaired) electrons. The molecule has 0 unspecified atom stereocenters. The molecule has 0 saturated carbocycles. The first-order valence-corrected chi connectivity index (χ1v) is 24.6. The van der Waals surface area contributed by atoms with Crippen LogP contribution in [0.15, 0.2) is 115 Å². The van der Waals surface area contributed by atoms with Gasteiger partial charge in [-0.3, -0.25) is 0 Å². The Balaban J connectivity index is 1.17. The Morgan fingerprint density at radius 2 is 1.14 bits per heavy atom. The molecule has 310 valence electrons. The Kier molecular flexibility index (Phi) is 7.42. The van der Waals surface area contributed by atoms with Crippen molar-refractivity contribution in [1.82, 2.24) is 4.57 Å². The molecule has 5 heteroatoms. The van der Waals surface area contributed by atoms with E-state index in [-0.39, 0.29) is 28.5 Å². The van der Waals surface area contributed by atoms with Gasteiger partial charge in [-0.15, -0.1) is 22.7 Å². The van der Waals surface area contributed by atoms with Crippen LogP contribution in [-0.4, -0.2) is 11.4 Å². The number of nitrogens with zero attached hydrogens (tertiary/aromatic N) is 2. The van der Waals surface area contributed by atoms with Gasteiger partial charge in [0.25, 0.3) is 0 Å². The van der Waals surface area contributed by atoms with Gasteiger partial charge in [0.05, 0.1) is 11.0 Å². The number of thiophene rings is 2. The van der Waals surface area contributed by atoms with Crippen molar-refractivity contribution < 1.29 is 0 Å². The summed E-state index contributed by atoms with van der Waals surface area (Å²) in [6.45, 7) is 23.8. The Bertz CT molecular complexity index is 3650. The van der Waals surface area contributed by atoms with Gasteiger partial charge in [0.1, 0.15) is 0 Å². The van der Waals surface area contributed by atoms with Crippen LogP contribution in [0.25, 0.3) is 79.0 Å². The third kappa shape index (κ3) is 5.18. The molecule has 0 saturated heterocycles. The molecule has 2 nitrogen and oxygen atoms in total. The van der Waals surface area contributed by atoms with Crippen LogP contribution in [0.2, 0.25) is 0 Å². The molecule has 1 aliphatic carbocycles. The standard InChI is InChI=1S/C58H53BN2S2/c1-55(2,3)32-15-18-34(19-16-32)61-48-28-42-40-26-43-44(58(9,10)24-23-57(43,7)8)31-52(40)63-51(42)29-38(48)36-20-21-37-39-30-50-41(35-13-11-12-14-49(35)62-50)27-47(39)60-46-22-17-33(56(4,5)6)25-45(46)59(61)53(36)54(37)60/h11-22,25-31H,23-24H2,1-10H3. The molecular weight excluding hydrogens is 800 g/mol. The molecule has 3 aliphatic rings. The van der Waals surface area contributed by atoms with Gasteiger partial charge in [0.2, 0.25) is 0 Å². The van der Waals surface area contributed by atoms with Gasteiger partial charge in [-0.05, 0) is 134 Å². The highest BCUT2D eigenvalue weighted by molar-refractivity contribution is 7.26. The van der Waals surface area contributed by atoms with Gasteiger partial charge < -0.3 is 9.38 Å². The van der Waals surface area contributed by atoms with Gasteiger partial charge in [-0.25, -0.2) is 0 Å². The first-order valence-electron chi connectivity index (χ1n) is 23.0. The van der Waals surface area contributed by atoms with Crippen molar-refractivity contribution in [2.45, 2.75) is 104 Å². The van der Waals surface area contributed by atoms with Crippen LogP contribution in [0.4, 0.5) is 11.4 Å². The van der Waals surface area contributed by atoms with E-state index in [1.165, 1.54) is 136 Å². The van der Waals surface area contributed by atoms with Crippen molar-refractivity contribution in [3.8, 4) is 16.8 Å². The summed E-state index contributed by atoms with van der Waals surface area (Å²) in [5.74, 6) is 0. The molecule has 5 heterocycles. The van der Waals surface area contributed by atoms with Crippen molar-refractivity contribution in [3.05, 3.63) is 138 Å². The van der Waals surface area contributed by atoms with E-state index >= 15 is 0 Å². The average Bonchev–Trinajstić information content (AvgIpc) is 3.90. The fourth-order valence-corrected chi connectivity index (χ4v) is 14.1. The molecule has 0 amide bonds. The van der Waals surface area contributed by atoms with Crippen LogP contribution < -0.4 is 15.7 Å². The Morgan fingerprint density at radius 1 is 0.508 bits per heavy atom. The number of aromatic nitrogens is 1. The number of fused-ring (bicyclic) bond motifs is 15. The monoisotopic (exact) mass is 852 g/mol. The van der Waals surface area contributed by atoms with Gasteiger partial charge in [0, 0.05) is 73.7 Å². The highest BCUT2D eigenvalue weighted by atomic mass is 32.1. The Labute approximate surface area is 379 Å². The number of hydrogen-bond donors (Lipinski definition) is 0. The number of hydrogen-bond acceptors (Lipinski definition) is 3. The molecule has 3 aromatic heterocycles. The second kappa shape index (κ2) is 12.3. The minimum absolute atomic E-state index is 0.0142. The van der Waals surface area contributed by atoms with Crippen molar-refractivity contribution in [1.29, 1.82) is 0 Å². The fraction of sp³-hybridized carbons (Fsp3) is 0.276. The maximum absolute atomic E-state index is 2.73. The molecule has 63 heavy (non-hydrogen) atoms.